The Morgan fingerprint density at radius 1 is 1.12 bits per heavy atom. The van der Waals surface area contributed by atoms with Crippen molar-refractivity contribution in [2.75, 3.05) is 11.1 Å². The minimum absolute atomic E-state index is 0.0594. The van der Waals surface area contributed by atoms with Crippen LogP contribution >= 0.6 is 0 Å². The highest BCUT2D eigenvalue weighted by Crippen LogP contribution is 2.26. The summed E-state index contributed by atoms with van der Waals surface area (Å²) in [5.74, 6) is 0.260. The molecule has 5 aromatic rings. The van der Waals surface area contributed by atoms with E-state index in [9.17, 15) is 9.18 Å². The number of nitrogens with two attached hydrogens (primary N) is 1. The molecule has 0 radical (unpaired) electrons. The quantitative estimate of drug-likeness (QED) is 0.399. The second kappa shape index (κ2) is 7.41. The van der Waals surface area contributed by atoms with Crippen molar-refractivity contribution in [1.82, 2.24) is 29.5 Å². The first-order chi connectivity index (χ1) is 15.4. The number of fused-ring (bicyclic) bond motifs is 2. The topological polar surface area (TPSA) is 127 Å². The van der Waals surface area contributed by atoms with Gasteiger partial charge in [-0.25, -0.2) is 14.4 Å². The first-order valence-electron chi connectivity index (χ1n) is 9.94. The van der Waals surface area contributed by atoms with Crippen molar-refractivity contribution in [2.45, 2.75) is 19.9 Å². The van der Waals surface area contributed by atoms with Crippen molar-refractivity contribution in [3.63, 3.8) is 0 Å². The zero-order valence-corrected chi connectivity index (χ0v) is 17.3. The number of hydrogen-bond donors (Lipinski definition) is 3. The molecule has 9 nitrogen and oxygen atoms in total. The summed E-state index contributed by atoms with van der Waals surface area (Å²) in [6.07, 6.45) is 1.49. The Hall–Kier alpha value is -4.34. The fourth-order valence-electron chi connectivity index (χ4n) is 3.77. The van der Waals surface area contributed by atoms with Crippen molar-refractivity contribution in [3.05, 3.63) is 76.4 Å². The molecule has 0 spiro atoms. The summed E-state index contributed by atoms with van der Waals surface area (Å²) in [6.45, 7) is 3.72. The molecule has 0 saturated heterocycles. The van der Waals surface area contributed by atoms with Gasteiger partial charge in [0, 0.05) is 0 Å². The van der Waals surface area contributed by atoms with E-state index in [2.05, 4.69) is 30.2 Å². The highest BCUT2D eigenvalue weighted by Gasteiger charge is 2.22. The molecule has 3 heterocycles. The van der Waals surface area contributed by atoms with Gasteiger partial charge in [0.15, 0.2) is 11.5 Å². The van der Waals surface area contributed by atoms with Gasteiger partial charge in [0.25, 0.3) is 5.56 Å². The van der Waals surface area contributed by atoms with E-state index in [1.807, 2.05) is 32.0 Å². The molecule has 0 bridgehead atoms. The average Bonchev–Trinajstić information content (AvgIpc) is 3.23. The molecule has 0 aliphatic heterocycles. The summed E-state index contributed by atoms with van der Waals surface area (Å²) < 4.78 is 16.0. The van der Waals surface area contributed by atoms with E-state index in [1.165, 1.54) is 23.0 Å². The van der Waals surface area contributed by atoms with Crippen molar-refractivity contribution in [3.8, 4) is 5.69 Å². The number of nitrogens with zero attached hydrogens (tertiary/aromatic N) is 5. The zero-order valence-electron chi connectivity index (χ0n) is 17.3. The molecule has 0 fully saturated rings. The number of aromatic amines is 1. The van der Waals surface area contributed by atoms with Crippen LogP contribution in [0.4, 0.5) is 16.2 Å². The number of nitrogen functional groups attached to an aromatic ring is 1. The number of aryl methyl sites for hydroxylation is 1. The first kappa shape index (κ1) is 19.6. The van der Waals surface area contributed by atoms with E-state index in [0.29, 0.717) is 28.5 Å². The summed E-state index contributed by atoms with van der Waals surface area (Å²) in [7, 11) is 0. The van der Waals surface area contributed by atoms with Gasteiger partial charge in [-0.1, -0.05) is 24.3 Å². The van der Waals surface area contributed by atoms with Crippen LogP contribution in [0.2, 0.25) is 0 Å². The number of rotatable bonds is 4. The van der Waals surface area contributed by atoms with Crippen LogP contribution in [0.1, 0.15) is 24.4 Å². The first-order valence-corrected chi connectivity index (χ1v) is 9.94. The molecule has 0 amide bonds. The lowest BCUT2D eigenvalue weighted by atomic mass is 10.1. The van der Waals surface area contributed by atoms with Gasteiger partial charge in [-0.3, -0.25) is 9.36 Å². The zero-order chi connectivity index (χ0) is 22.4. The second-order valence-electron chi connectivity index (χ2n) is 7.43. The lowest BCUT2D eigenvalue weighted by molar-refractivity contribution is 0.635. The number of benzene rings is 2. The molecule has 0 aliphatic carbocycles. The van der Waals surface area contributed by atoms with Gasteiger partial charge in [-0.05, 0) is 37.6 Å². The van der Waals surface area contributed by atoms with Gasteiger partial charge < -0.3 is 16.0 Å². The van der Waals surface area contributed by atoms with E-state index in [-0.39, 0.29) is 16.9 Å². The van der Waals surface area contributed by atoms with Crippen molar-refractivity contribution >= 4 is 33.8 Å². The Balaban J connectivity index is 1.74. The van der Waals surface area contributed by atoms with Crippen molar-refractivity contribution in [2.24, 2.45) is 0 Å². The number of H-pyrrole nitrogens is 1. The number of imidazole rings is 1. The monoisotopic (exact) mass is 430 g/mol. The standard InChI is InChI=1S/C22H19FN8O/c1-11-6-3-4-9-15(11)31-20(28-14-8-5-7-13(23)16(14)21(31)32)12(2)27-19-17-18(26-10-25-17)29-22(24)30-19/h3-10,12H,1-2H3,(H4,24,25,26,27,29,30). The Morgan fingerprint density at radius 3 is 2.75 bits per heavy atom. The highest BCUT2D eigenvalue weighted by molar-refractivity contribution is 5.84. The van der Waals surface area contributed by atoms with Crippen molar-refractivity contribution < 1.29 is 4.39 Å². The SMILES string of the molecule is Cc1ccccc1-n1c(C(C)Nc2nc(N)nc3nc[nH]c23)nc2cccc(F)c2c1=O. The van der Waals surface area contributed by atoms with Gasteiger partial charge >= 0.3 is 0 Å². The van der Waals surface area contributed by atoms with Gasteiger partial charge in [0.1, 0.15) is 22.5 Å². The molecule has 2 aromatic carbocycles. The largest absolute Gasteiger partial charge is 0.368 e. The smallest absolute Gasteiger partial charge is 0.269 e. The Labute approximate surface area is 181 Å². The maximum atomic E-state index is 14.6. The van der Waals surface area contributed by atoms with Crippen LogP contribution in [0.5, 0.6) is 0 Å². The van der Waals surface area contributed by atoms with Crippen LogP contribution in [0.25, 0.3) is 27.8 Å². The predicted molar refractivity (Wildman–Crippen MR) is 120 cm³/mol. The van der Waals surface area contributed by atoms with Crippen LogP contribution in [0, 0.1) is 12.7 Å². The van der Waals surface area contributed by atoms with Crippen LogP contribution in [0.3, 0.4) is 0 Å². The molecule has 0 aliphatic rings. The number of anilines is 2. The van der Waals surface area contributed by atoms with Crippen LogP contribution in [0.15, 0.2) is 53.6 Å². The molecule has 32 heavy (non-hydrogen) atoms. The number of para-hydroxylation sites is 1. The molecule has 1 atom stereocenters. The Kier molecular flexibility index (Phi) is 4.54. The third-order valence-corrected chi connectivity index (χ3v) is 5.27. The third-order valence-electron chi connectivity index (χ3n) is 5.27. The van der Waals surface area contributed by atoms with Gasteiger partial charge in [-0.15, -0.1) is 0 Å². The summed E-state index contributed by atoms with van der Waals surface area (Å²) in [4.78, 5) is 33.6. The lowest BCUT2D eigenvalue weighted by Gasteiger charge is -2.21. The van der Waals surface area contributed by atoms with E-state index < -0.39 is 17.4 Å². The van der Waals surface area contributed by atoms with Gasteiger partial charge in [0.05, 0.1) is 23.6 Å². The summed E-state index contributed by atoms with van der Waals surface area (Å²) in [5.41, 5.74) is 8.07. The maximum absolute atomic E-state index is 14.6. The van der Waals surface area contributed by atoms with E-state index >= 15 is 0 Å². The molecular weight excluding hydrogens is 411 g/mol. The molecular formula is C22H19FN8O. The second-order valence-corrected chi connectivity index (χ2v) is 7.43. The van der Waals surface area contributed by atoms with E-state index in [4.69, 9.17) is 5.73 Å². The van der Waals surface area contributed by atoms with Gasteiger partial charge in [-0.2, -0.15) is 9.97 Å². The lowest BCUT2D eigenvalue weighted by Crippen LogP contribution is -2.28. The van der Waals surface area contributed by atoms with Crippen LogP contribution in [-0.2, 0) is 0 Å². The maximum Gasteiger partial charge on any atom is 0.269 e. The number of halogens is 1. The van der Waals surface area contributed by atoms with Gasteiger partial charge in [0.2, 0.25) is 5.95 Å². The molecule has 0 saturated carbocycles. The van der Waals surface area contributed by atoms with Crippen molar-refractivity contribution in [1.29, 1.82) is 0 Å². The minimum atomic E-state index is -0.614. The number of nitrogens with one attached hydrogen (secondary N) is 2. The van der Waals surface area contributed by atoms with Crippen LogP contribution < -0.4 is 16.6 Å². The average molecular weight is 430 g/mol. The van der Waals surface area contributed by atoms with E-state index in [0.717, 1.165) is 5.56 Å². The molecule has 160 valence electrons. The molecule has 1 unspecified atom stereocenters. The number of aromatic nitrogens is 6. The molecule has 10 heteroatoms. The third kappa shape index (κ3) is 3.13. The summed E-state index contributed by atoms with van der Waals surface area (Å²) >= 11 is 0. The number of hydrogen-bond acceptors (Lipinski definition) is 7. The summed E-state index contributed by atoms with van der Waals surface area (Å²) in [6, 6.07) is 11.3. The molecule has 4 N–H and O–H groups in total. The van der Waals surface area contributed by atoms with E-state index in [1.54, 1.807) is 12.1 Å². The fourth-order valence-corrected chi connectivity index (χ4v) is 3.77. The highest BCUT2D eigenvalue weighted by atomic mass is 19.1. The minimum Gasteiger partial charge on any atom is -0.368 e. The molecule has 5 rings (SSSR count). The molecule has 3 aromatic heterocycles. The normalized spacial score (nSPS) is 12.3. The Morgan fingerprint density at radius 2 is 1.94 bits per heavy atom. The van der Waals surface area contributed by atoms with Crippen LogP contribution in [-0.4, -0.2) is 29.5 Å². The predicted octanol–water partition coefficient (Wildman–Crippen LogP) is 3.25. The fraction of sp³-hybridized carbons (Fsp3) is 0.136. The Bertz CT molecular complexity index is 1540. The summed E-state index contributed by atoms with van der Waals surface area (Å²) in [5, 5.41) is 3.18.